The third kappa shape index (κ3) is 5.52. The van der Waals surface area contributed by atoms with Gasteiger partial charge in [0, 0.05) is 25.8 Å². The van der Waals surface area contributed by atoms with Crippen molar-refractivity contribution in [3.63, 3.8) is 0 Å². The van der Waals surface area contributed by atoms with Crippen molar-refractivity contribution in [1.82, 2.24) is 10.3 Å². The van der Waals surface area contributed by atoms with Crippen molar-refractivity contribution in [2.45, 2.75) is 64.6 Å². The molecule has 0 bridgehead atoms. The Morgan fingerprint density at radius 3 is 2.65 bits per heavy atom. The molecule has 0 saturated carbocycles. The molecule has 9 nitrogen and oxygen atoms in total. The number of carbonyl (C=O) groups is 3. The first-order valence-electron chi connectivity index (χ1n) is 10.7. The van der Waals surface area contributed by atoms with Gasteiger partial charge in [-0.15, -0.1) is 0 Å². The molecule has 2 aliphatic heterocycles. The minimum absolute atomic E-state index is 0.149. The lowest BCUT2D eigenvalue weighted by atomic mass is 9.90. The highest BCUT2D eigenvalue weighted by Gasteiger charge is 2.45. The van der Waals surface area contributed by atoms with E-state index < -0.39 is 35.7 Å². The maximum absolute atomic E-state index is 13.8. The maximum atomic E-state index is 13.8. The molecule has 3 heterocycles. The first-order chi connectivity index (χ1) is 14.7. The number of alkyl carbamates (subject to hydrolysis) is 1. The quantitative estimate of drug-likeness (QED) is 0.710. The molecule has 170 valence electrons. The van der Waals surface area contributed by atoms with E-state index in [1.54, 1.807) is 40.0 Å². The summed E-state index contributed by atoms with van der Waals surface area (Å²) in [7, 11) is 0. The molecule has 1 N–H and O–H groups in total. The molecule has 1 fully saturated rings. The van der Waals surface area contributed by atoms with Crippen molar-refractivity contribution in [2.24, 2.45) is 5.92 Å². The lowest BCUT2D eigenvalue weighted by Gasteiger charge is -2.34. The first kappa shape index (κ1) is 23.0. The highest BCUT2D eigenvalue weighted by Crippen LogP contribution is 2.33. The van der Waals surface area contributed by atoms with Crippen molar-refractivity contribution in [3.05, 3.63) is 23.9 Å². The predicted molar refractivity (Wildman–Crippen MR) is 113 cm³/mol. The number of aromatic nitrogens is 1. The van der Waals surface area contributed by atoms with Crippen LogP contribution >= 0.6 is 0 Å². The summed E-state index contributed by atoms with van der Waals surface area (Å²) in [4.78, 5) is 44.7. The molecule has 2 aliphatic rings. The van der Waals surface area contributed by atoms with Crippen LogP contribution < -0.4 is 10.2 Å². The van der Waals surface area contributed by atoms with Gasteiger partial charge in [-0.3, -0.25) is 9.69 Å². The topological polar surface area (TPSA) is 107 Å². The number of anilines is 1. The van der Waals surface area contributed by atoms with E-state index >= 15 is 0 Å². The number of hydrogen-bond donors (Lipinski definition) is 1. The highest BCUT2D eigenvalue weighted by molar-refractivity contribution is 6.05. The molecule has 1 saturated heterocycles. The summed E-state index contributed by atoms with van der Waals surface area (Å²) in [5.74, 6) is -0.608. The van der Waals surface area contributed by atoms with E-state index in [4.69, 9.17) is 14.2 Å². The zero-order valence-corrected chi connectivity index (χ0v) is 18.6. The normalized spacial score (nSPS) is 20.0. The molecule has 0 radical (unpaired) electrons. The summed E-state index contributed by atoms with van der Waals surface area (Å²) in [5.41, 5.74) is 0.0831. The molecule has 9 heteroatoms. The lowest BCUT2D eigenvalue weighted by Crippen LogP contribution is -2.57. The lowest BCUT2D eigenvalue weighted by molar-refractivity contribution is -0.146. The van der Waals surface area contributed by atoms with Gasteiger partial charge in [-0.2, -0.15) is 0 Å². The predicted octanol–water partition coefficient (Wildman–Crippen LogP) is 2.22. The Balaban J connectivity index is 1.91. The van der Waals surface area contributed by atoms with Crippen LogP contribution in [0.5, 0.6) is 0 Å². The van der Waals surface area contributed by atoms with E-state index in [-0.39, 0.29) is 12.5 Å². The second kappa shape index (κ2) is 9.64. The summed E-state index contributed by atoms with van der Waals surface area (Å²) in [6.45, 7) is 8.21. The smallest absolute Gasteiger partial charge is 0.408 e. The average Bonchev–Trinajstić information content (AvgIpc) is 3.11. The Hall–Kier alpha value is -2.68. The number of nitrogens with zero attached hydrogens (tertiary/aromatic N) is 2. The van der Waals surface area contributed by atoms with Crippen LogP contribution in [0.1, 0.15) is 46.1 Å². The monoisotopic (exact) mass is 433 g/mol. The molecule has 3 rings (SSSR count). The van der Waals surface area contributed by atoms with Crippen molar-refractivity contribution in [1.29, 1.82) is 0 Å². The number of amides is 2. The van der Waals surface area contributed by atoms with E-state index in [9.17, 15) is 14.4 Å². The second-order valence-electron chi connectivity index (χ2n) is 8.74. The van der Waals surface area contributed by atoms with Crippen LogP contribution in [0.2, 0.25) is 0 Å². The molecule has 1 aromatic heterocycles. The Labute approximate surface area is 182 Å². The van der Waals surface area contributed by atoms with E-state index in [1.807, 2.05) is 6.07 Å². The standard InChI is InChI=1S/C22H31N3O6/c1-5-30-20(27)16-13-15-7-6-10-23-18(15)25(16)19(26)17(14-8-11-29-12-9-14)24-21(28)31-22(2,3)4/h6-7,10,14,16-17H,5,8-9,11-13H2,1-4H3,(H,24,28)/t16-,17-/m0/s1. The minimum Gasteiger partial charge on any atom is -0.464 e. The van der Waals surface area contributed by atoms with Crippen LogP contribution in [0, 0.1) is 5.92 Å². The molecular formula is C22H31N3O6. The van der Waals surface area contributed by atoms with Crippen LogP contribution in [0.15, 0.2) is 18.3 Å². The molecule has 0 unspecified atom stereocenters. The summed E-state index contributed by atoms with van der Waals surface area (Å²) in [6, 6.07) is 1.92. The Kier molecular flexibility index (Phi) is 7.15. The number of esters is 1. The number of carbonyl (C=O) groups excluding carboxylic acids is 3. The number of ether oxygens (including phenoxy) is 3. The van der Waals surface area contributed by atoms with Gasteiger partial charge in [0.05, 0.1) is 6.61 Å². The molecule has 0 spiro atoms. The number of pyridine rings is 1. The molecule has 31 heavy (non-hydrogen) atoms. The third-order valence-electron chi connectivity index (χ3n) is 5.29. The van der Waals surface area contributed by atoms with Crippen LogP contribution in [-0.4, -0.2) is 60.5 Å². The number of nitrogens with one attached hydrogen (secondary N) is 1. The highest BCUT2D eigenvalue weighted by atomic mass is 16.6. The van der Waals surface area contributed by atoms with Crippen LogP contribution in [0.3, 0.4) is 0 Å². The van der Waals surface area contributed by atoms with Crippen LogP contribution in [0.25, 0.3) is 0 Å². The minimum atomic E-state index is -0.872. The fourth-order valence-electron chi connectivity index (χ4n) is 3.95. The van der Waals surface area contributed by atoms with Gasteiger partial charge >= 0.3 is 12.1 Å². The van der Waals surface area contributed by atoms with E-state index in [0.717, 1.165) is 5.56 Å². The molecule has 0 aromatic carbocycles. The number of fused-ring (bicyclic) bond motifs is 1. The summed E-state index contributed by atoms with van der Waals surface area (Å²) in [6.07, 6.45) is 2.45. The number of hydrogen-bond acceptors (Lipinski definition) is 7. The van der Waals surface area contributed by atoms with Crippen molar-refractivity contribution in [3.8, 4) is 0 Å². The summed E-state index contributed by atoms with van der Waals surface area (Å²) >= 11 is 0. The van der Waals surface area contributed by atoms with Crippen molar-refractivity contribution >= 4 is 23.8 Å². The van der Waals surface area contributed by atoms with Gasteiger partial charge < -0.3 is 19.5 Å². The van der Waals surface area contributed by atoms with Gasteiger partial charge in [0.25, 0.3) is 5.91 Å². The SMILES string of the molecule is CCOC(=O)[C@@H]1Cc2cccnc2N1C(=O)[C@@H](NC(=O)OC(C)(C)C)C1CCOCC1. The van der Waals surface area contributed by atoms with Gasteiger partial charge in [-0.1, -0.05) is 6.07 Å². The van der Waals surface area contributed by atoms with Crippen molar-refractivity contribution < 1.29 is 28.6 Å². The Morgan fingerprint density at radius 1 is 1.29 bits per heavy atom. The molecule has 2 amide bonds. The average molecular weight is 434 g/mol. The summed E-state index contributed by atoms with van der Waals surface area (Å²) in [5, 5.41) is 2.75. The van der Waals surface area contributed by atoms with Gasteiger partial charge in [0.1, 0.15) is 23.5 Å². The summed E-state index contributed by atoms with van der Waals surface area (Å²) < 4.78 is 16.0. The number of rotatable bonds is 5. The van der Waals surface area contributed by atoms with E-state index in [0.29, 0.717) is 38.3 Å². The maximum Gasteiger partial charge on any atom is 0.408 e. The van der Waals surface area contributed by atoms with Crippen molar-refractivity contribution in [2.75, 3.05) is 24.7 Å². The fourth-order valence-corrected chi connectivity index (χ4v) is 3.95. The molecule has 2 atom stereocenters. The third-order valence-corrected chi connectivity index (χ3v) is 5.29. The fraction of sp³-hybridized carbons (Fsp3) is 0.636. The Morgan fingerprint density at radius 2 is 2.00 bits per heavy atom. The zero-order valence-electron chi connectivity index (χ0n) is 18.6. The van der Waals surface area contributed by atoms with Gasteiger partial charge in [-0.05, 0) is 58.1 Å². The Bertz CT molecular complexity index is 816. The molecule has 1 aromatic rings. The second-order valence-corrected chi connectivity index (χ2v) is 8.74. The first-order valence-corrected chi connectivity index (χ1v) is 10.7. The van der Waals surface area contributed by atoms with Gasteiger partial charge in [0.2, 0.25) is 0 Å². The van der Waals surface area contributed by atoms with E-state index in [1.165, 1.54) is 4.90 Å². The van der Waals surface area contributed by atoms with Crippen LogP contribution in [-0.2, 0) is 30.2 Å². The largest absolute Gasteiger partial charge is 0.464 e. The molecule has 0 aliphatic carbocycles. The van der Waals surface area contributed by atoms with E-state index in [2.05, 4.69) is 10.3 Å². The van der Waals surface area contributed by atoms with Gasteiger partial charge in [-0.25, -0.2) is 14.6 Å². The molecular weight excluding hydrogens is 402 g/mol. The van der Waals surface area contributed by atoms with Crippen LogP contribution in [0.4, 0.5) is 10.6 Å². The zero-order chi connectivity index (χ0) is 22.6. The van der Waals surface area contributed by atoms with Gasteiger partial charge in [0.15, 0.2) is 0 Å².